The van der Waals surface area contributed by atoms with Crippen LogP contribution in [0.1, 0.15) is 50.9 Å². The van der Waals surface area contributed by atoms with E-state index in [1.54, 1.807) is 0 Å². The Balaban J connectivity index is 2.03. The zero-order valence-corrected chi connectivity index (χ0v) is 13.8. The van der Waals surface area contributed by atoms with E-state index in [1.165, 1.54) is 25.7 Å². The lowest BCUT2D eigenvalue weighted by molar-refractivity contribution is 0.106. The number of hydrogen-bond acceptors (Lipinski definition) is 2. The van der Waals surface area contributed by atoms with Gasteiger partial charge in [0.05, 0.1) is 22.0 Å². The maximum atomic E-state index is 10.5. The summed E-state index contributed by atoms with van der Waals surface area (Å²) in [4.78, 5) is 0. The van der Waals surface area contributed by atoms with E-state index < -0.39 is 0 Å². The van der Waals surface area contributed by atoms with E-state index in [9.17, 15) is 5.11 Å². The van der Waals surface area contributed by atoms with Gasteiger partial charge in [0.1, 0.15) is 0 Å². The molecule has 0 radical (unpaired) electrons. The zero-order chi connectivity index (χ0) is 14.0. The molecular weight excluding hydrogens is 304 g/mol. The van der Waals surface area contributed by atoms with Crippen LogP contribution in [0, 0.1) is 11.8 Å². The Labute approximate surface area is 124 Å². The first-order chi connectivity index (χ1) is 9.06. The number of aliphatic hydroxyl groups is 1. The summed E-state index contributed by atoms with van der Waals surface area (Å²) in [5.74, 6) is 1.29. The third kappa shape index (κ3) is 3.22. The van der Waals surface area contributed by atoms with Gasteiger partial charge in [0.2, 0.25) is 0 Å². The van der Waals surface area contributed by atoms with Gasteiger partial charge in [-0.3, -0.25) is 4.68 Å². The fourth-order valence-electron chi connectivity index (χ4n) is 3.24. The van der Waals surface area contributed by atoms with Crippen LogP contribution in [0.3, 0.4) is 0 Å². The van der Waals surface area contributed by atoms with Crippen molar-refractivity contribution in [3.8, 4) is 0 Å². The highest BCUT2D eigenvalue weighted by Crippen LogP contribution is 2.36. The van der Waals surface area contributed by atoms with Crippen LogP contribution < -0.4 is 0 Å². The van der Waals surface area contributed by atoms with Gasteiger partial charge in [0.15, 0.2) is 0 Å². The summed E-state index contributed by atoms with van der Waals surface area (Å²) in [6.45, 7) is 4.36. The van der Waals surface area contributed by atoms with E-state index in [1.807, 2.05) is 11.7 Å². The third-order valence-corrected chi connectivity index (χ3v) is 5.52. The molecule has 0 aliphatic heterocycles. The van der Waals surface area contributed by atoms with E-state index in [-0.39, 0.29) is 6.10 Å². The van der Waals surface area contributed by atoms with Gasteiger partial charge in [-0.05, 0) is 47.0 Å². The van der Waals surface area contributed by atoms with Crippen LogP contribution in [0.25, 0.3) is 0 Å². The molecule has 1 aromatic heterocycles. The molecule has 0 bridgehead atoms. The second-order valence-electron chi connectivity index (χ2n) is 5.80. The molecular formula is C15H25BrN2O. The van der Waals surface area contributed by atoms with E-state index in [4.69, 9.17) is 0 Å². The Morgan fingerprint density at radius 2 is 2.16 bits per heavy atom. The van der Waals surface area contributed by atoms with Gasteiger partial charge in [-0.15, -0.1) is 0 Å². The van der Waals surface area contributed by atoms with E-state index in [2.05, 4.69) is 34.9 Å². The van der Waals surface area contributed by atoms with Crippen molar-refractivity contribution in [1.29, 1.82) is 0 Å². The fourth-order valence-corrected chi connectivity index (χ4v) is 4.02. The maximum Gasteiger partial charge on any atom is 0.0766 e. The van der Waals surface area contributed by atoms with Crippen molar-refractivity contribution in [1.82, 2.24) is 9.78 Å². The largest absolute Gasteiger partial charge is 0.392 e. The summed E-state index contributed by atoms with van der Waals surface area (Å²) >= 11 is 3.63. The van der Waals surface area contributed by atoms with Crippen molar-refractivity contribution in [2.24, 2.45) is 18.9 Å². The van der Waals surface area contributed by atoms with Crippen molar-refractivity contribution < 1.29 is 5.11 Å². The maximum absolute atomic E-state index is 10.5. The van der Waals surface area contributed by atoms with Crippen molar-refractivity contribution in [3.05, 3.63) is 15.9 Å². The van der Waals surface area contributed by atoms with Crippen LogP contribution in [-0.4, -0.2) is 21.0 Å². The molecule has 3 atom stereocenters. The number of halogens is 1. The molecule has 1 aliphatic rings. The lowest BCUT2D eigenvalue weighted by atomic mass is 9.95. The molecule has 108 valence electrons. The van der Waals surface area contributed by atoms with Gasteiger partial charge in [-0.1, -0.05) is 26.7 Å². The molecule has 3 unspecified atom stereocenters. The summed E-state index contributed by atoms with van der Waals surface area (Å²) < 4.78 is 3.00. The van der Waals surface area contributed by atoms with Crippen molar-refractivity contribution in [3.63, 3.8) is 0 Å². The first kappa shape index (κ1) is 15.0. The molecule has 0 spiro atoms. The Morgan fingerprint density at radius 1 is 1.42 bits per heavy atom. The minimum Gasteiger partial charge on any atom is -0.392 e. The van der Waals surface area contributed by atoms with E-state index >= 15 is 0 Å². The molecule has 1 aromatic rings. The summed E-state index contributed by atoms with van der Waals surface area (Å²) in [5.41, 5.74) is 2.21. The van der Waals surface area contributed by atoms with Gasteiger partial charge in [0.25, 0.3) is 0 Å². The molecule has 1 fully saturated rings. The van der Waals surface area contributed by atoms with Gasteiger partial charge >= 0.3 is 0 Å². The summed E-state index contributed by atoms with van der Waals surface area (Å²) in [6.07, 6.45) is 6.30. The molecule has 2 rings (SSSR count). The Bertz CT molecular complexity index is 430. The summed E-state index contributed by atoms with van der Waals surface area (Å²) in [7, 11) is 1.97. The van der Waals surface area contributed by atoms with Crippen LogP contribution in [0.2, 0.25) is 0 Å². The molecule has 0 amide bonds. The molecule has 1 heterocycles. The quantitative estimate of drug-likeness (QED) is 0.898. The van der Waals surface area contributed by atoms with E-state index in [0.29, 0.717) is 12.3 Å². The topological polar surface area (TPSA) is 38.0 Å². The molecule has 3 nitrogen and oxygen atoms in total. The average molecular weight is 329 g/mol. The predicted octanol–water partition coefficient (Wildman–Crippen LogP) is 3.47. The molecule has 1 N–H and O–H groups in total. The zero-order valence-electron chi connectivity index (χ0n) is 12.2. The Hall–Kier alpha value is -0.350. The Morgan fingerprint density at radius 3 is 2.68 bits per heavy atom. The van der Waals surface area contributed by atoms with Crippen molar-refractivity contribution in [2.75, 3.05) is 0 Å². The van der Waals surface area contributed by atoms with Crippen molar-refractivity contribution in [2.45, 2.75) is 58.5 Å². The van der Waals surface area contributed by atoms with Crippen LogP contribution in [-0.2, 0) is 19.9 Å². The number of nitrogens with zero attached hydrogens (tertiary/aromatic N) is 2. The molecule has 19 heavy (non-hydrogen) atoms. The van der Waals surface area contributed by atoms with Crippen LogP contribution in [0.5, 0.6) is 0 Å². The molecule has 1 aliphatic carbocycles. The van der Waals surface area contributed by atoms with Gasteiger partial charge in [0, 0.05) is 13.5 Å². The SMILES string of the molecule is CCc1nn(C)c(CC(O)C2CCC(CC)C2)c1Br. The standard InChI is InChI=1S/C15H25BrN2O/c1-4-10-6-7-11(8-10)14(19)9-13-15(16)12(5-2)17-18(13)3/h10-11,14,19H,4-9H2,1-3H3. The van der Waals surface area contributed by atoms with Crippen LogP contribution >= 0.6 is 15.9 Å². The first-order valence-corrected chi connectivity index (χ1v) is 8.24. The molecule has 1 saturated carbocycles. The second kappa shape index (κ2) is 6.40. The number of aromatic nitrogens is 2. The Kier molecular flexibility index (Phi) is 5.07. The lowest BCUT2D eigenvalue weighted by Gasteiger charge is -2.18. The lowest BCUT2D eigenvalue weighted by Crippen LogP contribution is -2.22. The van der Waals surface area contributed by atoms with Gasteiger partial charge < -0.3 is 5.11 Å². The minimum atomic E-state index is -0.229. The monoisotopic (exact) mass is 328 g/mol. The summed E-state index contributed by atoms with van der Waals surface area (Å²) in [6, 6.07) is 0. The third-order valence-electron chi connectivity index (χ3n) is 4.61. The average Bonchev–Trinajstić information content (AvgIpc) is 2.98. The molecule has 0 aromatic carbocycles. The number of aliphatic hydroxyl groups excluding tert-OH is 1. The van der Waals surface area contributed by atoms with Gasteiger partial charge in [-0.25, -0.2) is 0 Å². The highest BCUT2D eigenvalue weighted by Gasteiger charge is 2.30. The van der Waals surface area contributed by atoms with Crippen LogP contribution in [0.15, 0.2) is 4.47 Å². The van der Waals surface area contributed by atoms with Crippen LogP contribution in [0.4, 0.5) is 0 Å². The predicted molar refractivity (Wildman–Crippen MR) is 81.1 cm³/mol. The highest BCUT2D eigenvalue weighted by atomic mass is 79.9. The highest BCUT2D eigenvalue weighted by molar-refractivity contribution is 9.10. The minimum absolute atomic E-state index is 0.229. The van der Waals surface area contributed by atoms with Gasteiger partial charge in [-0.2, -0.15) is 5.10 Å². The normalized spacial score (nSPS) is 24.9. The fraction of sp³-hybridized carbons (Fsp3) is 0.800. The molecule has 4 heteroatoms. The van der Waals surface area contributed by atoms with E-state index in [0.717, 1.165) is 28.2 Å². The molecule has 0 saturated heterocycles. The summed E-state index contributed by atoms with van der Waals surface area (Å²) in [5, 5.41) is 15.0. The smallest absolute Gasteiger partial charge is 0.0766 e. The number of aryl methyl sites for hydroxylation is 2. The second-order valence-corrected chi connectivity index (χ2v) is 6.60. The first-order valence-electron chi connectivity index (χ1n) is 7.45. The van der Waals surface area contributed by atoms with Crippen molar-refractivity contribution >= 4 is 15.9 Å². The number of rotatable bonds is 5. The number of hydrogen-bond donors (Lipinski definition) is 1.